The van der Waals surface area contributed by atoms with E-state index in [4.69, 9.17) is 4.74 Å². The van der Waals surface area contributed by atoms with Gasteiger partial charge in [-0.15, -0.1) is 11.3 Å². The minimum Gasteiger partial charge on any atom is -0.464 e. The van der Waals surface area contributed by atoms with Gasteiger partial charge in [-0.3, -0.25) is 5.32 Å². The number of benzene rings is 1. The Balaban J connectivity index is 1.61. The first-order valence-electron chi connectivity index (χ1n) is 8.30. The molecule has 1 unspecified atom stereocenters. The zero-order valence-corrected chi connectivity index (χ0v) is 15.0. The number of aryl methyl sites for hydroxylation is 1. The van der Waals surface area contributed by atoms with Gasteiger partial charge in [-0.2, -0.15) is 0 Å². The van der Waals surface area contributed by atoms with Gasteiger partial charge in [0.05, 0.1) is 6.61 Å². The van der Waals surface area contributed by atoms with Gasteiger partial charge in [-0.05, 0) is 31.7 Å². The molecule has 1 aromatic heterocycles. The van der Waals surface area contributed by atoms with Gasteiger partial charge in [0.15, 0.2) is 0 Å². The molecule has 0 spiro atoms. The van der Waals surface area contributed by atoms with Crippen LogP contribution in [0.3, 0.4) is 0 Å². The van der Waals surface area contributed by atoms with Crippen LogP contribution in [0.5, 0.6) is 0 Å². The number of nitrogens with zero attached hydrogens (tertiary/aromatic N) is 1. The molecule has 5 heteroatoms. The Labute approximate surface area is 147 Å². The first-order valence-corrected chi connectivity index (χ1v) is 9.12. The molecule has 0 saturated carbocycles. The molecule has 0 bridgehead atoms. The van der Waals surface area contributed by atoms with Crippen LogP contribution in [0, 0.1) is 12.8 Å². The summed E-state index contributed by atoms with van der Waals surface area (Å²) in [6.07, 6.45) is 0. The van der Waals surface area contributed by atoms with Crippen LogP contribution in [0.1, 0.15) is 21.4 Å². The summed E-state index contributed by atoms with van der Waals surface area (Å²) >= 11 is 1.75. The highest BCUT2D eigenvalue weighted by Gasteiger charge is 2.27. The van der Waals surface area contributed by atoms with Crippen molar-refractivity contribution in [3.05, 3.63) is 57.8 Å². The van der Waals surface area contributed by atoms with Gasteiger partial charge in [0, 0.05) is 35.3 Å². The largest absolute Gasteiger partial charge is 0.464 e. The van der Waals surface area contributed by atoms with E-state index >= 15 is 0 Å². The minimum atomic E-state index is -0.425. The Bertz CT molecular complexity index is 665. The summed E-state index contributed by atoms with van der Waals surface area (Å²) in [5.74, 6) is 0.277. The molecule has 1 N–H and O–H groups in total. The topological polar surface area (TPSA) is 41.6 Å². The summed E-state index contributed by atoms with van der Waals surface area (Å²) in [4.78, 5) is 17.3. The highest BCUT2D eigenvalue weighted by Crippen LogP contribution is 2.20. The van der Waals surface area contributed by atoms with E-state index in [0.29, 0.717) is 19.1 Å². The fourth-order valence-electron chi connectivity index (χ4n) is 2.98. The molecule has 1 fully saturated rings. The third-order valence-electron chi connectivity index (χ3n) is 4.25. The highest BCUT2D eigenvalue weighted by molar-refractivity contribution is 7.11. The Hall–Kier alpha value is -1.69. The summed E-state index contributed by atoms with van der Waals surface area (Å²) < 4.78 is 5.58. The molecule has 1 aliphatic rings. The van der Waals surface area contributed by atoms with Crippen molar-refractivity contribution in [3.63, 3.8) is 0 Å². The molecule has 2 aromatic rings. The van der Waals surface area contributed by atoms with E-state index in [2.05, 4.69) is 36.3 Å². The molecular formula is C19H24N2O2S. The normalized spacial score (nSPS) is 16.6. The van der Waals surface area contributed by atoms with Crippen LogP contribution in [0.25, 0.3) is 0 Å². The number of esters is 1. The van der Waals surface area contributed by atoms with Crippen molar-refractivity contribution < 1.29 is 9.53 Å². The van der Waals surface area contributed by atoms with Crippen LogP contribution in [-0.4, -0.2) is 37.6 Å². The van der Waals surface area contributed by atoms with Crippen molar-refractivity contribution in [2.45, 2.75) is 19.5 Å². The van der Waals surface area contributed by atoms with Crippen molar-refractivity contribution in [1.82, 2.24) is 10.2 Å². The van der Waals surface area contributed by atoms with Gasteiger partial charge in [-0.1, -0.05) is 30.3 Å². The monoisotopic (exact) mass is 344 g/mol. The average molecular weight is 344 g/mol. The number of hydrogen-bond donors (Lipinski definition) is 1. The van der Waals surface area contributed by atoms with Crippen LogP contribution in [0.15, 0.2) is 42.5 Å². The van der Waals surface area contributed by atoms with Crippen molar-refractivity contribution in [2.75, 3.05) is 26.7 Å². The second kappa shape index (κ2) is 7.92. The second-order valence-corrected chi connectivity index (χ2v) is 7.83. The van der Waals surface area contributed by atoms with Gasteiger partial charge in [0.1, 0.15) is 6.04 Å². The van der Waals surface area contributed by atoms with E-state index in [1.54, 1.807) is 11.3 Å². The summed E-state index contributed by atoms with van der Waals surface area (Å²) in [7, 11) is 2.08. The molecule has 1 aliphatic heterocycles. The van der Waals surface area contributed by atoms with Crippen molar-refractivity contribution in [2.24, 2.45) is 5.92 Å². The number of likely N-dealkylation sites (tertiary alicyclic amines) is 1. The quantitative estimate of drug-likeness (QED) is 0.784. The summed E-state index contributed by atoms with van der Waals surface area (Å²) in [5.41, 5.74) is 0.946. The molecule has 0 radical (unpaired) electrons. The Kier molecular flexibility index (Phi) is 5.66. The third-order valence-corrected chi connectivity index (χ3v) is 5.25. The average Bonchev–Trinajstić information content (AvgIpc) is 2.97. The molecule has 2 heterocycles. The molecule has 1 aromatic carbocycles. The lowest BCUT2D eigenvalue weighted by Gasteiger charge is -2.35. The Morgan fingerprint density at radius 3 is 2.67 bits per heavy atom. The lowest BCUT2D eigenvalue weighted by Crippen LogP contribution is -2.46. The first kappa shape index (κ1) is 17.1. The SMILES string of the molecule is Cc1ccc(CNC(C(=O)OCC2CN(C)C2)c2ccccc2)s1. The second-order valence-electron chi connectivity index (χ2n) is 6.45. The summed E-state index contributed by atoms with van der Waals surface area (Å²) in [6, 6.07) is 13.6. The summed E-state index contributed by atoms with van der Waals surface area (Å²) in [6.45, 7) is 5.27. The van der Waals surface area contributed by atoms with Gasteiger partial charge in [0.2, 0.25) is 0 Å². The van der Waals surface area contributed by atoms with E-state index < -0.39 is 6.04 Å². The van der Waals surface area contributed by atoms with Crippen LogP contribution < -0.4 is 5.32 Å². The number of hydrogen-bond acceptors (Lipinski definition) is 5. The molecule has 4 nitrogen and oxygen atoms in total. The Morgan fingerprint density at radius 1 is 1.29 bits per heavy atom. The van der Waals surface area contributed by atoms with Gasteiger partial charge >= 0.3 is 5.97 Å². The van der Waals surface area contributed by atoms with E-state index in [0.717, 1.165) is 18.7 Å². The molecule has 128 valence electrons. The number of ether oxygens (including phenoxy) is 1. The van der Waals surface area contributed by atoms with E-state index in [1.807, 2.05) is 30.3 Å². The molecule has 1 atom stereocenters. The summed E-state index contributed by atoms with van der Waals surface area (Å²) in [5, 5.41) is 3.36. The van der Waals surface area contributed by atoms with Gasteiger partial charge < -0.3 is 9.64 Å². The van der Waals surface area contributed by atoms with E-state index in [9.17, 15) is 4.79 Å². The lowest BCUT2D eigenvalue weighted by atomic mass is 10.0. The standard InChI is InChI=1S/C19H24N2O2S/c1-14-8-9-17(24-14)10-20-18(16-6-4-3-5-7-16)19(22)23-13-15-11-21(2)12-15/h3-9,15,18,20H,10-13H2,1-2H3. The highest BCUT2D eigenvalue weighted by atomic mass is 32.1. The maximum Gasteiger partial charge on any atom is 0.327 e. The zero-order valence-electron chi connectivity index (χ0n) is 14.2. The predicted octanol–water partition coefficient (Wildman–Crippen LogP) is 2.99. The van der Waals surface area contributed by atoms with Gasteiger partial charge in [0.25, 0.3) is 0 Å². The fourth-order valence-corrected chi connectivity index (χ4v) is 3.82. The molecule has 24 heavy (non-hydrogen) atoms. The third kappa shape index (κ3) is 4.44. The number of carbonyl (C=O) groups excluding carboxylic acids is 1. The van der Waals surface area contributed by atoms with Gasteiger partial charge in [-0.25, -0.2) is 4.79 Å². The maximum absolute atomic E-state index is 12.6. The number of nitrogens with one attached hydrogen (secondary N) is 1. The van der Waals surface area contributed by atoms with Crippen molar-refractivity contribution in [3.8, 4) is 0 Å². The minimum absolute atomic E-state index is 0.191. The molecule has 0 amide bonds. The van der Waals surface area contributed by atoms with Crippen molar-refractivity contribution in [1.29, 1.82) is 0 Å². The number of carbonyl (C=O) groups is 1. The zero-order chi connectivity index (χ0) is 16.9. The lowest BCUT2D eigenvalue weighted by molar-refractivity contribution is -0.149. The Morgan fingerprint density at radius 2 is 2.04 bits per heavy atom. The molecule has 1 saturated heterocycles. The predicted molar refractivity (Wildman–Crippen MR) is 97.0 cm³/mol. The smallest absolute Gasteiger partial charge is 0.327 e. The van der Waals surface area contributed by atoms with Crippen molar-refractivity contribution >= 4 is 17.3 Å². The maximum atomic E-state index is 12.6. The fraction of sp³-hybridized carbons (Fsp3) is 0.421. The van der Waals surface area contributed by atoms with Crippen LogP contribution in [0.4, 0.5) is 0 Å². The number of rotatable bonds is 7. The molecular weight excluding hydrogens is 320 g/mol. The molecule has 0 aliphatic carbocycles. The van der Waals surface area contributed by atoms with E-state index in [1.165, 1.54) is 9.75 Å². The van der Waals surface area contributed by atoms with Crippen LogP contribution >= 0.6 is 11.3 Å². The first-order chi connectivity index (χ1) is 11.6. The number of thiophene rings is 1. The van der Waals surface area contributed by atoms with E-state index in [-0.39, 0.29) is 5.97 Å². The van der Waals surface area contributed by atoms with Crippen LogP contribution in [-0.2, 0) is 16.1 Å². The molecule has 3 rings (SSSR count). The van der Waals surface area contributed by atoms with Crippen LogP contribution in [0.2, 0.25) is 0 Å².